The van der Waals surface area contributed by atoms with Crippen LogP contribution in [0.1, 0.15) is 10.4 Å². The molecule has 1 heterocycles. The van der Waals surface area contributed by atoms with Gasteiger partial charge >= 0.3 is 5.97 Å². The summed E-state index contributed by atoms with van der Waals surface area (Å²) in [7, 11) is 1.83. The summed E-state index contributed by atoms with van der Waals surface area (Å²) in [5.41, 5.74) is 2.34. The molecule has 2 aromatic carbocycles. The topological polar surface area (TPSA) is 55.1 Å². The zero-order valence-corrected chi connectivity index (χ0v) is 11.4. The van der Waals surface area contributed by atoms with Crippen molar-refractivity contribution in [2.75, 3.05) is 0 Å². The molecule has 0 aliphatic carbocycles. The number of carboxylic acids is 1. The number of benzene rings is 2. The highest BCUT2D eigenvalue weighted by Crippen LogP contribution is 2.30. The summed E-state index contributed by atoms with van der Waals surface area (Å²) in [5.74, 6) is -0.384. The van der Waals surface area contributed by atoms with Crippen molar-refractivity contribution >= 4 is 28.6 Å². The van der Waals surface area contributed by atoms with Crippen LogP contribution in [0.15, 0.2) is 42.5 Å². The zero-order chi connectivity index (χ0) is 14.3. The third-order valence-electron chi connectivity index (χ3n) is 3.24. The van der Waals surface area contributed by atoms with E-state index in [9.17, 15) is 9.90 Å². The Balaban J connectivity index is 2.34. The third kappa shape index (κ3) is 1.85. The Morgan fingerprint density at radius 1 is 1.20 bits per heavy atom. The fourth-order valence-electron chi connectivity index (χ4n) is 2.33. The van der Waals surface area contributed by atoms with Crippen molar-refractivity contribution in [3.05, 3.63) is 53.1 Å². The van der Waals surface area contributed by atoms with Crippen molar-refractivity contribution in [1.82, 2.24) is 9.55 Å². The number of hydrogen-bond acceptors (Lipinski definition) is 2. The summed E-state index contributed by atoms with van der Waals surface area (Å²) in [4.78, 5) is 15.8. The maximum Gasteiger partial charge on any atom is 0.336 e. The van der Waals surface area contributed by atoms with Gasteiger partial charge in [0.25, 0.3) is 0 Å². The van der Waals surface area contributed by atoms with Gasteiger partial charge in [-0.25, -0.2) is 9.78 Å². The van der Waals surface area contributed by atoms with Crippen LogP contribution in [0.4, 0.5) is 0 Å². The first-order chi connectivity index (χ1) is 9.59. The van der Waals surface area contributed by atoms with Crippen LogP contribution in [-0.2, 0) is 7.05 Å². The van der Waals surface area contributed by atoms with Gasteiger partial charge in [-0.05, 0) is 18.2 Å². The number of fused-ring (bicyclic) bond motifs is 1. The van der Waals surface area contributed by atoms with Gasteiger partial charge in [0.15, 0.2) is 0 Å². The first-order valence-corrected chi connectivity index (χ1v) is 6.41. The molecule has 0 saturated carbocycles. The van der Waals surface area contributed by atoms with E-state index >= 15 is 0 Å². The summed E-state index contributed by atoms with van der Waals surface area (Å²) < 4.78 is 1.82. The predicted molar refractivity (Wildman–Crippen MR) is 78.1 cm³/mol. The quantitative estimate of drug-likeness (QED) is 0.783. The molecule has 0 aliphatic rings. The number of aromatic nitrogens is 2. The van der Waals surface area contributed by atoms with E-state index in [0.717, 1.165) is 11.0 Å². The Kier molecular flexibility index (Phi) is 2.95. The van der Waals surface area contributed by atoms with Gasteiger partial charge in [-0.1, -0.05) is 35.9 Å². The Morgan fingerprint density at radius 3 is 2.65 bits per heavy atom. The maximum absolute atomic E-state index is 11.3. The van der Waals surface area contributed by atoms with Gasteiger partial charge in [-0.3, -0.25) is 0 Å². The molecule has 0 aliphatic heterocycles. The standard InChI is InChI=1S/C15H11ClN2O2/c1-18-13-11(16)7-4-8-12(13)17-14(18)9-5-2-3-6-10(9)15(19)20/h2-8H,1H3,(H,19,20). The molecule has 3 aromatic rings. The van der Waals surface area contributed by atoms with Crippen molar-refractivity contribution in [1.29, 1.82) is 0 Å². The molecular formula is C15H11ClN2O2. The van der Waals surface area contributed by atoms with E-state index in [-0.39, 0.29) is 5.56 Å². The van der Waals surface area contributed by atoms with Gasteiger partial charge in [-0.2, -0.15) is 0 Å². The second-order valence-corrected chi connectivity index (χ2v) is 4.86. The molecule has 4 nitrogen and oxygen atoms in total. The number of carbonyl (C=O) groups is 1. The van der Waals surface area contributed by atoms with E-state index in [2.05, 4.69) is 4.98 Å². The van der Waals surface area contributed by atoms with Crippen molar-refractivity contribution < 1.29 is 9.90 Å². The Labute approximate surface area is 120 Å². The van der Waals surface area contributed by atoms with E-state index in [1.54, 1.807) is 30.3 Å². The molecule has 3 rings (SSSR count). The van der Waals surface area contributed by atoms with Crippen LogP contribution in [0.2, 0.25) is 5.02 Å². The Bertz CT molecular complexity index is 824. The van der Waals surface area contributed by atoms with Crippen LogP contribution in [0, 0.1) is 0 Å². The van der Waals surface area contributed by atoms with Crippen LogP contribution in [0.25, 0.3) is 22.4 Å². The number of imidazole rings is 1. The summed E-state index contributed by atoms with van der Waals surface area (Å²) >= 11 is 6.19. The van der Waals surface area contributed by atoms with Gasteiger partial charge in [0.2, 0.25) is 0 Å². The summed E-state index contributed by atoms with van der Waals surface area (Å²) in [5, 5.41) is 9.88. The fraction of sp³-hybridized carbons (Fsp3) is 0.0667. The Morgan fingerprint density at radius 2 is 1.95 bits per heavy atom. The molecule has 1 aromatic heterocycles. The van der Waals surface area contributed by atoms with E-state index in [1.165, 1.54) is 0 Å². The molecular weight excluding hydrogens is 276 g/mol. The molecule has 0 fully saturated rings. The minimum Gasteiger partial charge on any atom is -0.478 e. The van der Waals surface area contributed by atoms with Gasteiger partial charge in [0, 0.05) is 12.6 Å². The zero-order valence-electron chi connectivity index (χ0n) is 10.7. The number of nitrogens with zero attached hydrogens (tertiary/aromatic N) is 2. The smallest absolute Gasteiger partial charge is 0.336 e. The molecule has 0 saturated heterocycles. The largest absolute Gasteiger partial charge is 0.478 e. The minimum absolute atomic E-state index is 0.224. The lowest BCUT2D eigenvalue weighted by atomic mass is 10.1. The highest BCUT2D eigenvalue weighted by molar-refractivity contribution is 6.35. The number of rotatable bonds is 2. The maximum atomic E-state index is 11.3. The SMILES string of the molecule is Cn1c(-c2ccccc2C(=O)O)nc2cccc(Cl)c21. The lowest BCUT2D eigenvalue weighted by Crippen LogP contribution is -2.02. The van der Waals surface area contributed by atoms with E-state index in [1.807, 2.05) is 23.7 Å². The summed E-state index contributed by atoms with van der Waals surface area (Å²) in [6.07, 6.45) is 0. The first kappa shape index (κ1) is 12.7. The lowest BCUT2D eigenvalue weighted by molar-refractivity contribution is 0.0697. The normalized spacial score (nSPS) is 10.9. The number of para-hydroxylation sites is 1. The highest BCUT2D eigenvalue weighted by atomic mass is 35.5. The van der Waals surface area contributed by atoms with Crippen LogP contribution >= 0.6 is 11.6 Å². The first-order valence-electron chi connectivity index (χ1n) is 6.03. The Hall–Kier alpha value is -2.33. The summed E-state index contributed by atoms with van der Waals surface area (Å²) in [6, 6.07) is 12.3. The van der Waals surface area contributed by atoms with Crippen molar-refractivity contribution in [3.63, 3.8) is 0 Å². The molecule has 20 heavy (non-hydrogen) atoms. The molecule has 0 atom stereocenters. The van der Waals surface area contributed by atoms with Gasteiger partial charge < -0.3 is 9.67 Å². The van der Waals surface area contributed by atoms with Gasteiger partial charge in [0.05, 0.1) is 21.6 Å². The number of carboxylic acid groups (broad SMARTS) is 1. The molecule has 0 bridgehead atoms. The van der Waals surface area contributed by atoms with Crippen LogP contribution < -0.4 is 0 Å². The van der Waals surface area contributed by atoms with Crippen molar-refractivity contribution in [3.8, 4) is 11.4 Å². The van der Waals surface area contributed by atoms with Crippen LogP contribution in [-0.4, -0.2) is 20.6 Å². The molecule has 0 radical (unpaired) electrons. The van der Waals surface area contributed by atoms with Gasteiger partial charge in [0.1, 0.15) is 5.82 Å². The molecule has 100 valence electrons. The van der Waals surface area contributed by atoms with Gasteiger partial charge in [-0.15, -0.1) is 0 Å². The number of aromatic carboxylic acids is 1. The molecule has 0 amide bonds. The second kappa shape index (κ2) is 4.65. The molecule has 0 spiro atoms. The average Bonchev–Trinajstić information content (AvgIpc) is 2.77. The molecule has 1 N–H and O–H groups in total. The van der Waals surface area contributed by atoms with Crippen LogP contribution in [0.3, 0.4) is 0 Å². The fourth-order valence-corrected chi connectivity index (χ4v) is 2.62. The second-order valence-electron chi connectivity index (χ2n) is 4.45. The number of aryl methyl sites for hydroxylation is 1. The van der Waals surface area contributed by atoms with Crippen molar-refractivity contribution in [2.24, 2.45) is 7.05 Å². The van der Waals surface area contributed by atoms with E-state index in [0.29, 0.717) is 16.4 Å². The summed E-state index contributed by atoms with van der Waals surface area (Å²) in [6.45, 7) is 0. The highest BCUT2D eigenvalue weighted by Gasteiger charge is 2.17. The number of halogens is 1. The number of hydrogen-bond donors (Lipinski definition) is 1. The molecule has 5 heteroatoms. The molecule has 0 unspecified atom stereocenters. The van der Waals surface area contributed by atoms with E-state index < -0.39 is 5.97 Å². The van der Waals surface area contributed by atoms with E-state index in [4.69, 9.17) is 11.6 Å². The minimum atomic E-state index is -0.973. The predicted octanol–water partition coefficient (Wildman–Crippen LogP) is 3.59. The average molecular weight is 287 g/mol. The van der Waals surface area contributed by atoms with Crippen LogP contribution in [0.5, 0.6) is 0 Å². The van der Waals surface area contributed by atoms with Crippen molar-refractivity contribution in [2.45, 2.75) is 0 Å². The third-order valence-corrected chi connectivity index (χ3v) is 3.55. The monoisotopic (exact) mass is 286 g/mol. The lowest BCUT2D eigenvalue weighted by Gasteiger charge is -2.06.